The highest BCUT2D eigenvalue weighted by Crippen LogP contribution is 2.61. The molecular formula is C14H22O2Si. The van der Waals surface area contributed by atoms with E-state index in [2.05, 4.69) is 25.3 Å². The van der Waals surface area contributed by atoms with Crippen molar-refractivity contribution >= 4 is 13.9 Å². The third-order valence-electron chi connectivity index (χ3n) is 4.50. The number of hydrogen-bond acceptors (Lipinski definition) is 2. The van der Waals surface area contributed by atoms with Crippen molar-refractivity contribution in [3.05, 3.63) is 11.3 Å². The summed E-state index contributed by atoms with van der Waals surface area (Å²) in [6, 6.07) is 0. The highest BCUT2D eigenvalue weighted by atomic mass is 28.3. The maximum Gasteiger partial charge on any atom is 0.142 e. The third kappa shape index (κ3) is 1.59. The van der Waals surface area contributed by atoms with Crippen LogP contribution in [0.1, 0.15) is 25.7 Å². The zero-order chi connectivity index (χ0) is 12.3. The Bertz CT molecular complexity index is 394. The quantitative estimate of drug-likeness (QED) is 0.669. The Morgan fingerprint density at radius 3 is 2.88 bits per heavy atom. The van der Waals surface area contributed by atoms with Crippen molar-refractivity contribution in [2.45, 2.75) is 50.9 Å². The van der Waals surface area contributed by atoms with Gasteiger partial charge in [0.2, 0.25) is 0 Å². The van der Waals surface area contributed by atoms with Crippen LogP contribution in [0.4, 0.5) is 0 Å². The van der Waals surface area contributed by atoms with Gasteiger partial charge in [-0.3, -0.25) is 4.79 Å². The van der Waals surface area contributed by atoms with E-state index in [1.807, 2.05) is 0 Å². The van der Waals surface area contributed by atoms with Crippen molar-refractivity contribution < 1.29 is 9.53 Å². The molecule has 3 atom stereocenters. The van der Waals surface area contributed by atoms with Crippen LogP contribution in [0.3, 0.4) is 0 Å². The number of rotatable bonds is 1. The van der Waals surface area contributed by atoms with Gasteiger partial charge >= 0.3 is 0 Å². The van der Waals surface area contributed by atoms with Crippen molar-refractivity contribution in [1.29, 1.82) is 0 Å². The maximum atomic E-state index is 12.2. The molecule has 1 saturated heterocycles. The highest BCUT2D eigenvalue weighted by molar-refractivity contribution is 6.81. The van der Waals surface area contributed by atoms with Gasteiger partial charge in [-0.15, -0.1) is 0 Å². The molecule has 0 aromatic heterocycles. The fourth-order valence-electron chi connectivity index (χ4n) is 4.05. The first kappa shape index (κ1) is 11.7. The van der Waals surface area contributed by atoms with Crippen LogP contribution in [0.15, 0.2) is 11.3 Å². The Morgan fingerprint density at radius 2 is 2.18 bits per heavy atom. The van der Waals surface area contributed by atoms with E-state index in [1.54, 1.807) is 0 Å². The summed E-state index contributed by atoms with van der Waals surface area (Å²) in [7, 11) is -1.23. The molecule has 94 valence electrons. The zero-order valence-corrected chi connectivity index (χ0v) is 12.1. The Labute approximate surface area is 104 Å². The van der Waals surface area contributed by atoms with Gasteiger partial charge in [0.05, 0.1) is 19.6 Å². The van der Waals surface area contributed by atoms with Gasteiger partial charge in [-0.1, -0.05) is 30.9 Å². The Kier molecular flexibility index (Phi) is 2.43. The Morgan fingerprint density at radius 1 is 1.41 bits per heavy atom. The summed E-state index contributed by atoms with van der Waals surface area (Å²) in [5.41, 5.74) is 3.87. The smallest absolute Gasteiger partial charge is 0.142 e. The molecule has 0 N–H and O–H groups in total. The van der Waals surface area contributed by atoms with Crippen LogP contribution in [0.2, 0.25) is 19.6 Å². The zero-order valence-electron chi connectivity index (χ0n) is 11.1. The van der Waals surface area contributed by atoms with E-state index in [0.29, 0.717) is 11.7 Å². The van der Waals surface area contributed by atoms with Crippen LogP contribution in [0.5, 0.6) is 0 Å². The molecule has 17 heavy (non-hydrogen) atoms. The summed E-state index contributed by atoms with van der Waals surface area (Å²) in [6.45, 7) is 7.91. The highest BCUT2D eigenvalue weighted by Gasteiger charge is 2.65. The molecule has 2 aliphatic carbocycles. The van der Waals surface area contributed by atoms with Gasteiger partial charge in [0, 0.05) is 18.9 Å². The number of ether oxygens (including phenoxy) is 1. The molecule has 1 spiro atoms. The molecule has 0 aromatic rings. The lowest BCUT2D eigenvalue weighted by atomic mass is 9.52. The number of carbonyl (C=O) groups excluding carboxylic acids is 1. The molecule has 3 rings (SSSR count). The van der Waals surface area contributed by atoms with E-state index in [1.165, 1.54) is 5.57 Å². The lowest BCUT2D eigenvalue weighted by Gasteiger charge is -2.55. The fraction of sp³-hybridized carbons (Fsp3) is 0.786. The van der Waals surface area contributed by atoms with Crippen LogP contribution in [0.25, 0.3) is 0 Å². The largest absolute Gasteiger partial charge is 0.373 e. The molecule has 0 radical (unpaired) electrons. The number of carbonyl (C=O) groups is 1. The predicted molar refractivity (Wildman–Crippen MR) is 70.6 cm³/mol. The SMILES string of the molecule is C[Si](C)(C)/C=C1\[C@H]2CCO[C@]23CCCC(=O)[C@H]13. The van der Waals surface area contributed by atoms with Crippen LogP contribution >= 0.6 is 0 Å². The lowest BCUT2D eigenvalue weighted by molar-refractivity contribution is -0.153. The predicted octanol–water partition coefficient (Wildman–Crippen LogP) is 2.95. The first-order chi connectivity index (χ1) is 7.94. The molecule has 3 heteroatoms. The van der Waals surface area contributed by atoms with E-state index in [0.717, 1.165) is 32.3 Å². The summed E-state index contributed by atoms with van der Waals surface area (Å²) in [4.78, 5) is 12.2. The number of hydrogen-bond donors (Lipinski definition) is 0. The van der Waals surface area contributed by atoms with Crippen molar-refractivity contribution in [2.75, 3.05) is 6.61 Å². The summed E-state index contributed by atoms with van der Waals surface area (Å²) < 4.78 is 6.01. The molecule has 3 fully saturated rings. The second-order valence-electron chi connectivity index (χ2n) is 6.91. The van der Waals surface area contributed by atoms with Gasteiger partial charge in [0.1, 0.15) is 5.78 Å². The van der Waals surface area contributed by atoms with Crippen molar-refractivity contribution in [2.24, 2.45) is 11.8 Å². The third-order valence-corrected chi connectivity index (χ3v) is 5.70. The fourth-order valence-corrected chi connectivity index (χ4v) is 5.42. The summed E-state index contributed by atoms with van der Waals surface area (Å²) >= 11 is 0. The van der Waals surface area contributed by atoms with Crippen molar-refractivity contribution in [3.8, 4) is 0 Å². The molecule has 0 amide bonds. The monoisotopic (exact) mass is 250 g/mol. The maximum absolute atomic E-state index is 12.2. The normalized spacial score (nSPS) is 43.2. The second kappa shape index (κ2) is 3.54. The minimum atomic E-state index is -1.23. The summed E-state index contributed by atoms with van der Waals surface area (Å²) in [5, 5.41) is 0. The first-order valence-electron chi connectivity index (χ1n) is 6.83. The average molecular weight is 250 g/mol. The molecule has 1 heterocycles. The molecule has 1 aliphatic heterocycles. The molecule has 0 aromatic carbocycles. The molecule has 2 saturated carbocycles. The first-order valence-corrected chi connectivity index (χ1v) is 10.4. The minimum Gasteiger partial charge on any atom is -0.373 e. The van der Waals surface area contributed by atoms with E-state index >= 15 is 0 Å². The van der Waals surface area contributed by atoms with Crippen LogP contribution < -0.4 is 0 Å². The van der Waals surface area contributed by atoms with E-state index in [9.17, 15) is 4.79 Å². The minimum absolute atomic E-state index is 0.0547. The lowest BCUT2D eigenvalue weighted by Crippen LogP contribution is -2.61. The molecule has 0 unspecified atom stereocenters. The van der Waals surface area contributed by atoms with Crippen LogP contribution in [0, 0.1) is 11.8 Å². The van der Waals surface area contributed by atoms with Crippen LogP contribution in [-0.4, -0.2) is 26.1 Å². The Hall–Kier alpha value is -0.413. The van der Waals surface area contributed by atoms with Gasteiger partial charge in [-0.05, 0) is 19.3 Å². The van der Waals surface area contributed by atoms with Crippen molar-refractivity contribution in [3.63, 3.8) is 0 Å². The molecule has 0 bridgehead atoms. The molecular weight excluding hydrogens is 228 g/mol. The van der Waals surface area contributed by atoms with E-state index in [-0.39, 0.29) is 11.5 Å². The number of Topliss-reactive ketones (excluding diaryl/α,β-unsaturated/α-hetero) is 1. The molecule has 2 nitrogen and oxygen atoms in total. The van der Waals surface area contributed by atoms with E-state index < -0.39 is 8.07 Å². The topological polar surface area (TPSA) is 26.3 Å². The van der Waals surface area contributed by atoms with Gasteiger partial charge < -0.3 is 4.74 Å². The number of ketones is 1. The van der Waals surface area contributed by atoms with Crippen LogP contribution in [-0.2, 0) is 9.53 Å². The second-order valence-corrected chi connectivity index (χ2v) is 11.9. The van der Waals surface area contributed by atoms with Gasteiger partial charge in [0.25, 0.3) is 0 Å². The molecule has 3 aliphatic rings. The van der Waals surface area contributed by atoms with Gasteiger partial charge in [-0.2, -0.15) is 0 Å². The summed E-state index contributed by atoms with van der Waals surface area (Å²) in [6.07, 6.45) is 4.05. The van der Waals surface area contributed by atoms with Crippen molar-refractivity contribution in [1.82, 2.24) is 0 Å². The Balaban J connectivity index is 1.98. The summed E-state index contributed by atoms with van der Waals surface area (Å²) in [5.74, 6) is 1.15. The average Bonchev–Trinajstić information content (AvgIpc) is 2.51. The standard InChI is InChI=1S/C14H22O2Si/c1-17(2,3)9-10-11-6-8-16-14(11)7-4-5-12(15)13(10)14/h9,11,13H,4-8H2,1-3H3/b10-9+/t11-,13+,14-/m1/s1. The van der Waals surface area contributed by atoms with E-state index in [4.69, 9.17) is 4.74 Å². The van der Waals surface area contributed by atoms with Gasteiger partial charge in [-0.25, -0.2) is 0 Å². The van der Waals surface area contributed by atoms with Gasteiger partial charge in [0.15, 0.2) is 0 Å².